The lowest BCUT2D eigenvalue weighted by molar-refractivity contribution is 0.219. The van der Waals surface area contributed by atoms with Gasteiger partial charge in [0.2, 0.25) is 0 Å². The first-order valence-electron chi connectivity index (χ1n) is 6.00. The standard InChI is InChI=1S/C16H17FO/c1-10-8-12(3)15(9-11(10)2)16(18)13-4-6-14(17)7-5-13/h4-9,16,18H,1-3H3. The van der Waals surface area contributed by atoms with Crippen LogP contribution in [0.15, 0.2) is 36.4 Å². The fourth-order valence-electron chi connectivity index (χ4n) is 2.10. The van der Waals surface area contributed by atoms with E-state index in [-0.39, 0.29) is 5.82 Å². The monoisotopic (exact) mass is 244 g/mol. The van der Waals surface area contributed by atoms with Gasteiger partial charge in [-0.25, -0.2) is 4.39 Å². The van der Waals surface area contributed by atoms with E-state index in [0.717, 1.165) is 16.7 Å². The molecule has 0 saturated carbocycles. The van der Waals surface area contributed by atoms with Crippen LogP contribution in [0.25, 0.3) is 0 Å². The number of hydrogen-bond acceptors (Lipinski definition) is 1. The predicted molar refractivity (Wildman–Crippen MR) is 71.1 cm³/mol. The minimum absolute atomic E-state index is 0.289. The first-order valence-corrected chi connectivity index (χ1v) is 6.00. The predicted octanol–water partition coefficient (Wildman–Crippen LogP) is 3.83. The van der Waals surface area contributed by atoms with E-state index < -0.39 is 6.10 Å². The molecule has 1 unspecified atom stereocenters. The summed E-state index contributed by atoms with van der Waals surface area (Å²) in [6, 6.07) is 10.0. The molecule has 18 heavy (non-hydrogen) atoms. The summed E-state index contributed by atoms with van der Waals surface area (Å²) in [4.78, 5) is 0. The van der Waals surface area contributed by atoms with Crippen molar-refractivity contribution >= 4 is 0 Å². The van der Waals surface area contributed by atoms with Crippen LogP contribution < -0.4 is 0 Å². The lowest BCUT2D eigenvalue weighted by Crippen LogP contribution is -2.03. The molecule has 0 heterocycles. The summed E-state index contributed by atoms with van der Waals surface area (Å²) in [5.41, 5.74) is 5.00. The molecule has 2 aromatic rings. The van der Waals surface area contributed by atoms with Crippen LogP contribution in [0.3, 0.4) is 0 Å². The van der Waals surface area contributed by atoms with Gasteiger partial charge in [-0.2, -0.15) is 0 Å². The van der Waals surface area contributed by atoms with Gasteiger partial charge in [-0.15, -0.1) is 0 Å². The molecule has 0 bridgehead atoms. The summed E-state index contributed by atoms with van der Waals surface area (Å²) in [6.07, 6.45) is -0.704. The fourth-order valence-corrected chi connectivity index (χ4v) is 2.10. The number of aryl methyl sites for hydroxylation is 3. The highest BCUT2D eigenvalue weighted by atomic mass is 19.1. The van der Waals surface area contributed by atoms with Crippen molar-refractivity contribution in [1.29, 1.82) is 0 Å². The minimum atomic E-state index is -0.704. The summed E-state index contributed by atoms with van der Waals surface area (Å²) in [7, 11) is 0. The second kappa shape index (κ2) is 4.91. The SMILES string of the molecule is Cc1cc(C)c(C(O)c2ccc(F)cc2)cc1C. The molecule has 94 valence electrons. The second-order valence-electron chi connectivity index (χ2n) is 4.75. The molecule has 2 aromatic carbocycles. The number of aliphatic hydroxyl groups excluding tert-OH is 1. The van der Waals surface area contributed by atoms with Crippen molar-refractivity contribution in [2.24, 2.45) is 0 Å². The van der Waals surface area contributed by atoms with Crippen molar-refractivity contribution in [2.45, 2.75) is 26.9 Å². The number of aliphatic hydroxyl groups is 1. The summed E-state index contributed by atoms with van der Waals surface area (Å²) in [6.45, 7) is 6.06. The van der Waals surface area contributed by atoms with Crippen molar-refractivity contribution in [3.8, 4) is 0 Å². The van der Waals surface area contributed by atoms with Crippen LogP contribution in [0.4, 0.5) is 4.39 Å². The van der Waals surface area contributed by atoms with Gasteiger partial charge in [-0.3, -0.25) is 0 Å². The first-order chi connectivity index (χ1) is 8.49. The zero-order chi connectivity index (χ0) is 13.3. The molecule has 0 aliphatic heterocycles. The Morgan fingerprint density at radius 2 is 1.44 bits per heavy atom. The van der Waals surface area contributed by atoms with Crippen LogP contribution in [-0.4, -0.2) is 5.11 Å². The molecular weight excluding hydrogens is 227 g/mol. The van der Waals surface area contributed by atoms with Crippen molar-refractivity contribution in [2.75, 3.05) is 0 Å². The average molecular weight is 244 g/mol. The Bertz CT molecular complexity index is 558. The quantitative estimate of drug-likeness (QED) is 0.851. The van der Waals surface area contributed by atoms with E-state index >= 15 is 0 Å². The maximum absolute atomic E-state index is 12.9. The van der Waals surface area contributed by atoms with Crippen LogP contribution in [0.1, 0.15) is 33.9 Å². The van der Waals surface area contributed by atoms with E-state index in [1.807, 2.05) is 19.9 Å². The van der Waals surface area contributed by atoms with Crippen LogP contribution >= 0.6 is 0 Å². The summed E-state index contributed by atoms with van der Waals surface area (Å²) >= 11 is 0. The summed E-state index contributed by atoms with van der Waals surface area (Å²) < 4.78 is 12.9. The highest BCUT2D eigenvalue weighted by Gasteiger charge is 2.14. The van der Waals surface area contributed by atoms with Crippen LogP contribution in [-0.2, 0) is 0 Å². The van der Waals surface area contributed by atoms with Crippen LogP contribution in [0, 0.1) is 26.6 Å². The molecule has 2 heteroatoms. The fraction of sp³-hybridized carbons (Fsp3) is 0.250. The second-order valence-corrected chi connectivity index (χ2v) is 4.75. The molecule has 0 amide bonds. The van der Waals surface area contributed by atoms with Crippen molar-refractivity contribution in [3.63, 3.8) is 0 Å². The Morgan fingerprint density at radius 1 is 0.889 bits per heavy atom. The van der Waals surface area contributed by atoms with Gasteiger partial charge in [0, 0.05) is 0 Å². The van der Waals surface area contributed by atoms with Gasteiger partial charge in [-0.05, 0) is 60.7 Å². The average Bonchev–Trinajstić information content (AvgIpc) is 2.34. The molecule has 0 spiro atoms. The lowest BCUT2D eigenvalue weighted by atomic mass is 9.93. The zero-order valence-corrected chi connectivity index (χ0v) is 10.9. The van der Waals surface area contributed by atoms with Crippen molar-refractivity contribution in [1.82, 2.24) is 0 Å². The normalized spacial score (nSPS) is 12.5. The summed E-state index contributed by atoms with van der Waals surface area (Å²) in [5.74, 6) is -0.289. The Labute approximate surface area is 107 Å². The molecule has 0 aromatic heterocycles. The van der Waals surface area contributed by atoms with Gasteiger partial charge in [0.05, 0.1) is 0 Å². The van der Waals surface area contributed by atoms with E-state index in [1.165, 1.54) is 17.7 Å². The van der Waals surface area contributed by atoms with Gasteiger partial charge >= 0.3 is 0 Å². The molecule has 1 atom stereocenters. The van der Waals surface area contributed by atoms with E-state index in [4.69, 9.17) is 0 Å². The number of hydrogen-bond donors (Lipinski definition) is 1. The summed E-state index contributed by atoms with van der Waals surface area (Å²) in [5, 5.41) is 10.4. The Morgan fingerprint density at radius 3 is 2.06 bits per heavy atom. The molecule has 2 rings (SSSR count). The molecule has 0 saturated heterocycles. The van der Waals surface area contributed by atoms with Gasteiger partial charge in [0.1, 0.15) is 11.9 Å². The van der Waals surface area contributed by atoms with E-state index in [1.54, 1.807) is 12.1 Å². The van der Waals surface area contributed by atoms with E-state index in [2.05, 4.69) is 13.0 Å². The third kappa shape index (κ3) is 2.44. The molecule has 0 fully saturated rings. The number of halogens is 1. The van der Waals surface area contributed by atoms with E-state index in [9.17, 15) is 9.50 Å². The minimum Gasteiger partial charge on any atom is -0.384 e. The van der Waals surface area contributed by atoms with Crippen molar-refractivity contribution < 1.29 is 9.50 Å². The Hall–Kier alpha value is -1.67. The molecule has 1 N–H and O–H groups in total. The zero-order valence-electron chi connectivity index (χ0n) is 10.9. The van der Waals surface area contributed by atoms with E-state index in [0.29, 0.717) is 5.56 Å². The van der Waals surface area contributed by atoms with Crippen molar-refractivity contribution in [3.05, 3.63) is 70.0 Å². The third-order valence-corrected chi connectivity index (χ3v) is 3.36. The number of rotatable bonds is 2. The molecule has 0 aliphatic rings. The van der Waals surface area contributed by atoms with Crippen LogP contribution in [0.2, 0.25) is 0 Å². The molecule has 0 radical (unpaired) electrons. The smallest absolute Gasteiger partial charge is 0.123 e. The molecule has 0 aliphatic carbocycles. The Balaban J connectivity index is 2.42. The molecule has 1 nitrogen and oxygen atoms in total. The van der Waals surface area contributed by atoms with Crippen LogP contribution in [0.5, 0.6) is 0 Å². The highest BCUT2D eigenvalue weighted by molar-refractivity contribution is 5.41. The maximum atomic E-state index is 12.9. The maximum Gasteiger partial charge on any atom is 0.123 e. The first kappa shape index (κ1) is 12.8. The third-order valence-electron chi connectivity index (χ3n) is 3.36. The largest absolute Gasteiger partial charge is 0.384 e. The van der Waals surface area contributed by atoms with Gasteiger partial charge in [0.25, 0.3) is 0 Å². The Kier molecular flexibility index (Phi) is 3.48. The molecular formula is C16H17FO. The lowest BCUT2D eigenvalue weighted by Gasteiger charge is -2.16. The van der Waals surface area contributed by atoms with Gasteiger partial charge in [-0.1, -0.05) is 24.3 Å². The number of benzene rings is 2. The van der Waals surface area contributed by atoms with Gasteiger partial charge in [0.15, 0.2) is 0 Å². The topological polar surface area (TPSA) is 20.2 Å². The van der Waals surface area contributed by atoms with Gasteiger partial charge < -0.3 is 5.11 Å². The highest BCUT2D eigenvalue weighted by Crippen LogP contribution is 2.27.